The Balaban J connectivity index is 2.05. The zero-order valence-corrected chi connectivity index (χ0v) is 7.43. The van der Waals surface area contributed by atoms with Crippen LogP contribution in [-0.2, 0) is 0 Å². The molecule has 3 rings (SSSR count). The zero-order valence-electron chi connectivity index (χ0n) is 7.43. The van der Waals surface area contributed by atoms with E-state index in [1.165, 1.54) is 19.4 Å². The van der Waals surface area contributed by atoms with Gasteiger partial charge >= 0.3 is 0 Å². The molecule has 2 bridgehead atoms. The monoisotopic (exact) mass is 151 g/mol. The molecule has 5 unspecified atom stereocenters. The minimum absolute atomic E-state index is 0.712. The maximum atomic E-state index is 3.67. The van der Waals surface area contributed by atoms with Crippen molar-refractivity contribution in [3.8, 4) is 0 Å². The third-order valence-corrected chi connectivity index (χ3v) is 4.81. The Labute approximate surface area is 68.6 Å². The van der Waals surface area contributed by atoms with E-state index in [4.69, 9.17) is 0 Å². The smallest absolute Gasteiger partial charge is 0.0104 e. The van der Waals surface area contributed by atoms with Gasteiger partial charge in [-0.25, -0.2) is 0 Å². The summed E-state index contributed by atoms with van der Waals surface area (Å²) < 4.78 is 0. The quantitative estimate of drug-likeness (QED) is 0.555. The van der Waals surface area contributed by atoms with Gasteiger partial charge in [-0.05, 0) is 42.6 Å². The van der Waals surface area contributed by atoms with Crippen LogP contribution in [0.15, 0.2) is 0 Å². The third-order valence-electron chi connectivity index (χ3n) is 4.81. The van der Waals surface area contributed by atoms with Crippen LogP contribution < -0.4 is 5.32 Å². The van der Waals surface area contributed by atoms with Crippen LogP contribution in [0.25, 0.3) is 0 Å². The molecule has 1 heteroatoms. The Kier molecular flexibility index (Phi) is 0.976. The SMILES string of the molecule is CC1C2CNC3CC1(C)CC32. The van der Waals surface area contributed by atoms with Gasteiger partial charge in [-0.15, -0.1) is 0 Å². The Bertz CT molecular complexity index is 195. The Morgan fingerprint density at radius 2 is 2.09 bits per heavy atom. The summed E-state index contributed by atoms with van der Waals surface area (Å²) in [6, 6.07) is 0.904. The van der Waals surface area contributed by atoms with E-state index in [1.807, 2.05) is 0 Å². The third kappa shape index (κ3) is 0.581. The van der Waals surface area contributed by atoms with Crippen molar-refractivity contribution in [1.29, 1.82) is 0 Å². The van der Waals surface area contributed by atoms with Crippen molar-refractivity contribution in [2.45, 2.75) is 32.7 Å². The molecule has 1 heterocycles. The van der Waals surface area contributed by atoms with Crippen LogP contribution in [0.5, 0.6) is 0 Å². The number of nitrogens with one attached hydrogen (secondary N) is 1. The van der Waals surface area contributed by atoms with Crippen LogP contribution in [0.1, 0.15) is 26.7 Å². The first kappa shape index (κ1) is 6.47. The van der Waals surface area contributed by atoms with E-state index in [9.17, 15) is 0 Å². The molecular weight excluding hydrogens is 134 g/mol. The van der Waals surface area contributed by atoms with Crippen molar-refractivity contribution in [1.82, 2.24) is 5.32 Å². The molecule has 2 aliphatic carbocycles. The summed E-state index contributed by atoms with van der Waals surface area (Å²) in [6.07, 6.45) is 2.96. The standard InChI is InChI=1S/C10H17N/c1-6-8-5-11-9-4-10(6,2)3-7(8)9/h6-9,11H,3-5H2,1-2H3. The average Bonchev–Trinajstić information content (AvgIpc) is 2.45. The summed E-state index contributed by atoms with van der Waals surface area (Å²) in [5.41, 5.74) is 0.712. The van der Waals surface area contributed by atoms with Crippen molar-refractivity contribution >= 4 is 0 Å². The second-order valence-electron chi connectivity index (χ2n) is 5.19. The van der Waals surface area contributed by atoms with Gasteiger partial charge in [0.1, 0.15) is 0 Å². The fourth-order valence-electron chi connectivity index (χ4n) is 3.97. The molecule has 0 radical (unpaired) electrons. The van der Waals surface area contributed by atoms with Gasteiger partial charge in [0.05, 0.1) is 0 Å². The molecule has 11 heavy (non-hydrogen) atoms. The van der Waals surface area contributed by atoms with Gasteiger partial charge in [0.25, 0.3) is 0 Å². The molecule has 0 amide bonds. The summed E-state index contributed by atoms with van der Waals surface area (Å²) in [6.45, 7) is 6.28. The van der Waals surface area contributed by atoms with Crippen molar-refractivity contribution in [3.05, 3.63) is 0 Å². The Morgan fingerprint density at radius 3 is 2.73 bits per heavy atom. The van der Waals surface area contributed by atoms with Crippen molar-refractivity contribution in [2.24, 2.45) is 23.2 Å². The zero-order chi connectivity index (χ0) is 7.64. The molecule has 1 aliphatic heterocycles. The lowest BCUT2D eigenvalue weighted by molar-refractivity contribution is 0.189. The van der Waals surface area contributed by atoms with Crippen LogP contribution in [0.3, 0.4) is 0 Å². The van der Waals surface area contributed by atoms with E-state index in [0.29, 0.717) is 5.41 Å². The van der Waals surface area contributed by atoms with Crippen LogP contribution in [0.4, 0.5) is 0 Å². The maximum absolute atomic E-state index is 3.67. The predicted octanol–water partition coefficient (Wildman–Crippen LogP) is 1.64. The molecule has 3 fully saturated rings. The first-order chi connectivity index (χ1) is 5.21. The molecule has 3 aliphatic rings. The summed E-state index contributed by atoms with van der Waals surface area (Å²) >= 11 is 0. The number of hydrogen-bond acceptors (Lipinski definition) is 1. The summed E-state index contributed by atoms with van der Waals surface area (Å²) in [4.78, 5) is 0. The van der Waals surface area contributed by atoms with Crippen LogP contribution in [0, 0.1) is 23.2 Å². The lowest BCUT2D eigenvalue weighted by Gasteiger charge is -2.31. The van der Waals surface area contributed by atoms with Crippen molar-refractivity contribution in [3.63, 3.8) is 0 Å². The molecule has 62 valence electrons. The van der Waals surface area contributed by atoms with E-state index in [-0.39, 0.29) is 0 Å². The van der Waals surface area contributed by atoms with Crippen LogP contribution in [-0.4, -0.2) is 12.6 Å². The lowest BCUT2D eigenvalue weighted by atomic mass is 9.73. The number of hydrogen-bond donors (Lipinski definition) is 1. The van der Waals surface area contributed by atoms with Crippen LogP contribution >= 0.6 is 0 Å². The van der Waals surface area contributed by atoms with E-state index in [2.05, 4.69) is 19.2 Å². The number of rotatable bonds is 0. The molecule has 5 atom stereocenters. The average molecular weight is 151 g/mol. The van der Waals surface area contributed by atoms with Gasteiger partial charge in [0, 0.05) is 6.04 Å². The van der Waals surface area contributed by atoms with E-state index in [1.54, 1.807) is 0 Å². The molecular formula is C10H17N. The summed E-state index contributed by atoms with van der Waals surface area (Å²) in [7, 11) is 0. The Hall–Kier alpha value is -0.0400. The fourth-order valence-corrected chi connectivity index (χ4v) is 3.97. The second-order valence-corrected chi connectivity index (χ2v) is 5.19. The van der Waals surface area contributed by atoms with Gasteiger partial charge in [0.15, 0.2) is 0 Å². The summed E-state index contributed by atoms with van der Waals surface area (Å²) in [5, 5.41) is 3.67. The molecule has 0 aromatic rings. The maximum Gasteiger partial charge on any atom is 0.0104 e. The highest BCUT2D eigenvalue weighted by Gasteiger charge is 2.59. The minimum atomic E-state index is 0.712. The first-order valence-corrected chi connectivity index (χ1v) is 4.94. The lowest BCUT2D eigenvalue weighted by Crippen LogP contribution is -2.29. The van der Waals surface area contributed by atoms with Gasteiger partial charge in [0.2, 0.25) is 0 Å². The summed E-state index contributed by atoms with van der Waals surface area (Å²) in [5.74, 6) is 3.06. The highest BCUT2D eigenvalue weighted by atomic mass is 15.0. The first-order valence-electron chi connectivity index (χ1n) is 4.94. The molecule has 0 aromatic carbocycles. The highest BCUT2D eigenvalue weighted by Crippen LogP contribution is 2.62. The van der Waals surface area contributed by atoms with E-state index >= 15 is 0 Å². The number of fused-ring (bicyclic) bond motifs is 1. The Morgan fingerprint density at radius 1 is 1.27 bits per heavy atom. The molecule has 0 spiro atoms. The van der Waals surface area contributed by atoms with E-state index < -0.39 is 0 Å². The normalized spacial score (nSPS) is 66.0. The predicted molar refractivity (Wildman–Crippen MR) is 45.3 cm³/mol. The molecule has 1 nitrogen and oxygen atoms in total. The van der Waals surface area contributed by atoms with Gasteiger partial charge in [-0.2, -0.15) is 0 Å². The second kappa shape index (κ2) is 1.66. The minimum Gasteiger partial charge on any atom is -0.313 e. The van der Waals surface area contributed by atoms with Crippen LogP contribution in [0.2, 0.25) is 0 Å². The molecule has 1 N–H and O–H groups in total. The van der Waals surface area contributed by atoms with Gasteiger partial charge < -0.3 is 5.32 Å². The largest absolute Gasteiger partial charge is 0.313 e. The molecule has 1 saturated heterocycles. The van der Waals surface area contributed by atoms with Gasteiger partial charge in [-0.3, -0.25) is 0 Å². The van der Waals surface area contributed by atoms with Crippen molar-refractivity contribution in [2.75, 3.05) is 6.54 Å². The molecule has 0 aromatic heterocycles. The highest BCUT2D eigenvalue weighted by molar-refractivity contribution is 5.12. The fraction of sp³-hybridized carbons (Fsp3) is 1.00. The van der Waals surface area contributed by atoms with E-state index in [0.717, 1.165) is 23.8 Å². The molecule has 2 saturated carbocycles. The topological polar surface area (TPSA) is 12.0 Å². The van der Waals surface area contributed by atoms with Crippen molar-refractivity contribution < 1.29 is 0 Å². The van der Waals surface area contributed by atoms with Gasteiger partial charge in [-0.1, -0.05) is 13.8 Å².